The first-order chi connectivity index (χ1) is 9.38. The highest BCUT2D eigenvalue weighted by Crippen LogP contribution is 2.18. The van der Waals surface area contributed by atoms with Gasteiger partial charge < -0.3 is 10.2 Å². The molecule has 1 rings (SSSR count). The van der Waals surface area contributed by atoms with E-state index in [-0.39, 0.29) is 5.56 Å². The summed E-state index contributed by atoms with van der Waals surface area (Å²) in [5.74, 6) is 0.633. The summed E-state index contributed by atoms with van der Waals surface area (Å²) in [5, 5.41) is 3.52. The number of hydrogen-bond acceptors (Lipinski definition) is 2. The molecule has 0 saturated heterocycles. The van der Waals surface area contributed by atoms with E-state index in [0.29, 0.717) is 12.0 Å². The molecule has 1 aromatic rings. The summed E-state index contributed by atoms with van der Waals surface area (Å²) in [4.78, 5) is 2.17. The Kier molecular flexibility index (Phi) is 7.10. The number of hydrogen-bond donors (Lipinski definition) is 1. The molecule has 0 heterocycles. The number of halogens is 2. The predicted octanol–water partition coefficient (Wildman–Crippen LogP) is 3.69. The predicted molar refractivity (Wildman–Crippen MR) is 80.0 cm³/mol. The van der Waals surface area contributed by atoms with Crippen LogP contribution in [0.5, 0.6) is 0 Å². The van der Waals surface area contributed by atoms with Crippen molar-refractivity contribution < 1.29 is 8.78 Å². The minimum Gasteiger partial charge on any atom is -0.309 e. The minimum absolute atomic E-state index is 0.0840. The molecule has 20 heavy (non-hydrogen) atoms. The molecule has 0 radical (unpaired) electrons. The largest absolute Gasteiger partial charge is 0.309 e. The van der Waals surface area contributed by atoms with Crippen molar-refractivity contribution >= 4 is 0 Å². The first-order valence-corrected chi connectivity index (χ1v) is 7.13. The van der Waals surface area contributed by atoms with Crippen LogP contribution in [0.15, 0.2) is 24.3 Å². The van der Waals surface area contributed by atoms with E-state index in [2.05, 4.69) is 38.2 Å². The highest BCUT2D eigenvalue weighted by atomic mass is 19.3. The Morgan fingerprint density at radius 1 is 1.10 bits per heavy atom. The summed E-state index contributed by atoms with van der Waals surface area (Å²) in [5.41, 5.74) is 1.13. The van der Waals surface area contributed by atoms with Crippen molar-refractivity contribution in [2.75, 3.05) is 20.6 Å². The molecule has 0 aromatic heterocycles. The first-order valence-electron chi connectivity index (χ1n) is 7.13. The van der Waals surface area contributed by atoms with Gasteiger partial charge in [-0.3, -0.25) is 0 Å². The zero-order valence-corrected chi connectivity index (χ0v) is 12.9. The van der Waals surface area contributed by atoms with Gasteiger partial charge in [-0.2, -0.15) is 0 Å². The maximum absolute atomic E-state index is 12.5. The monoisotopic (exact) mass is 284 g/mol. The smallest absolute Gasteiger partial charge is 0.263 e. The van der Waals surface area contributed by atoms with Crippen molar-refractivity contribution in [3.8, 4) is 0 Å². The van der Waals surface area contributed by atoms with E-state index in [1.165, 1.54) is 12.1 Å². The average Bonchev–Trinajstić information content (AvgIpc) is 2.35. The van der Waals surface area contributed by atoms with Gasteiger partial charge in [0.15, 0.2) is 0 Å². The summed E-state index contributed by atoms with van der Waals surface area (Å²) in [6.07, 6.45) is -1.28. The fraction of sp³-hybridized carbons (Fsp3) is 0.625. The van der Waals surface area contributed by atoms with Crippen LogP contribution in [0.4, 0.5) is 8.78 Å². The molecule has 0 fully saturated rings. The molecular formula is C16H26F2N2. The van der Waals surface area contributed by atoms with Gasteiger partial charge in [0.2, 0.25) is 0 Å². The lowest BCUT2D eigenvalue weighted by atomic mass is 10.0. The van der Waals surface area contributed by atoms with Gasteiger partial charge in [0.05, 0.1) is 0 Å². The van der Waals surface area contributed by atoms with Crippen LogP contribution in [0.2, 0.25) is 0 Å². The van der Waals surface area contributed by atoms with E-state index in [1.54, 1.807) is 12.1 Å². The normalized spacial score (nSPS) is 13.4. The topological polar surface area (TPSA) is 15.3 Å². The second kappa shape index (κ2) is 8.32. The third-order valence-corrected chi connectivity index (χ3v) is 3.17. The molecule has 4 heteroatoms. The van der Waals surface area contributed by atoms with E-state index in [9.17, 15) is 8.78 Å². The zero-order valence-electron chi connectivity index (χ0n) is 12.9. The van der Waals surface area contributed by atoms with Crippen molar-refractivity contribution in [1.82, 2.24) is 10.2 Å². The lowest BCUT2D eigenvalue weighted by Crippen LogP contribution is -2.38. The second-order valence-electron chi connectivity index (χ2n) is 6.01. The molecule has 1 N–H and O–H groups in total. The highest BCUT2D eigenvalue weighted by molar-refractivity contribution is 5.23. The molecular weight excluding hydrogens is 258 g/mol. The number of nitrogens with one attached hydrogen (secondary N) is 1. The first kappa shape index (κ1) is 17.1. The molecule has 0 spiro atoms. The fourth-order valence-electron chi connectivity index (χ4n) is 2.28. The maximum atomic E-state index is 12.5. The standard InChI is InChI=1S/C16H26F2N2/c1-12(2)9-15(11-20(3)4)19-10-13-5-7-14(8-6-13)16(17)18/h5-8,12,15-16,19H,9-11H2,1-4H3. The van der Waals surface area contributed by atoms with E-state index < -0.39 is 6.43 Å². The summed E-state index contributed by atoms with van der Waals surface area (Å²) in [7, 11) is 4.12. The van der Waals surface area contributed by atoms with Crippen LogP contribution in [-0.4, -0.2) is 31.6 Å². The Bertz CT molecular complexity index is 365. The number of nitrogens with zero attached hydrogens (tertiary/aromatic N) is 1. The van der Waals surface area contributed by atoms with Gasteiger partial charge in [-0.25, -0.2) is 8.78 Å². The second-order valence-corrected chi connectivity index (χ2v) is 6.01. The van der Waals surface area contributed by atoms with Crippen LogP contribution in [0, 0.1) is 5.92 Å². The number of alkyl halides is 2. The van der Waals surface area contributed by atoms with Gasteiger partial charge in [-0.15, -0.1) is 0 Å². The summed E-state index contributed by atoms with van der Waals surface area (Å²) < 4.78 is 25.0. The van der Waals surface area contributed by atoms with Gasteiger partial charge in [-0.05, 0) is 32.0 Å². The van der Waals surface area contributed by atoms with Gasteiger partial charge in [0.25, 0.3) is 6.43 Å². The lowest BCUT2D eigenvalue weighted by Gasteiger charge is -2.24. The molecule has 1 unspecified atom stereocenters. The summed E-state index contributed by atoms with van der Waals surface area (Å²) in [6.45, 7) is 6.12. The average molecular weight is 284 g/mol. The highest BCUT2D eigenvalue weighted by Gasteiger charge is 2.12. The maximum Gasteiger partial charge on any atom is 0.263 e. The van der Waals surface area contributed by atoms with Crippen LogP contribution in [0.25, 0.3) is 0 Å². The van der Waals surface area contributed by atoms with Crippen LogP contribution in [0.1, 0.15) is 37.8 Å². The Hall–Kier alpha value is -1.00. The molecule has 0 saturated carbocycles. The van der Waals surface area contributed by atoms with Crippen LogP contribution in [-0.2, 0) is 6.54 Å². The SMILES string of the molecule is CC(C)CC(CN(C)C)NCc1ccc(C(F)F)cc1. The Morgan fingerprint density at radius 3 is 2.15 bits per heavy atom. The Morgan fingerprint density at radius 2 is 1.70 bits per heavy atom. The minimum atomic E-state index is -2.39. The molecule has 0 aliphatic heterocycles. The Balaban J connectivity index is 2.53. The number of likely N-dealkylation sites (N-methyl/N-ethyl adjacent to an activating group) is 1. The van der Waals surface area contributed by atoms with Gasteiger partial charge in [0.1, 0.15) is 0 Å². The molecule has 0 aliphatic rings. The van der Waals surface area contributed by atoms with Crippen molar-refractivity contribution in [3.05, 3.63) is 35.4 Å². The van der Waals surface area contributed by atoms with Gasteiger partial charge >= 0.3 is 0 Å². The third kappa shape index (κ3) is 6.44. The summed E-state index contributed by atoms with van der Waals surface area (Å²) in [6, 6.07) is 6.98. The van der Waals surface area contributed by atoms with Crippen LogP contribution < -0.4 is 5.32 Å². The molecule has 1 atom stereocenters. The van der Waals surface area contributed by atoms with Crippen LogP contribution >= 0.6 is 0 Å². The van der Waals surface area contributed by atoms with Crippen molar-refractivity contribution in [2.45, 2.75) is 39.3 Å². The van der Waals surface area contributed by atoms with Crippen molar-refractivity contribution in [1.29, 1.82) is 0 Å². The van der Waals surface area contributed by atoms with E-state index in [0.717, 1.165) is 25.1 Å². The van der Waals surface area contributed by atoms with E-state index in [1.807, 2.05) is 0 Å². The number of rotatable bonds is 8. The molecule has 0 amide bonds. The summed E-state index contributed by atoms with van der Waals surface area (Å²) >= 11 is 0. The molecule has 0 aliphatic carbocycles. The van der Waals surface area contributed by atoms with E-state index in [4.69, 9.17) is 0 Å². The van der Waals surface area contributed by atoms with Gasteiger partial charge in [0, 0.05) is 24.7 Å². The number of benzene rings is 1. The van der Waals surface area contributed by atoms with Crippen molar-refractivity contribution in [3.63, 3.8) is 0 Å². The van der Waals surface area contributed by atoms with Crippen molar-refractivity contribution in [2.24, 2.45) is 5.92 Å². The quantitative estimate of drug-likeness (QED) is 0.783. The van der Waals surface area contributed by atoms with E-state index >= 15 is 0 Å². The lowest BCUT2D eigenvalue weighted by molar-refractivity contribution is 0.151. The molecule has 1 aromatic carbocycles. The molecule has 2 nitrogen and oxygen atoms in total. The Labute approximate surface area is 121 Å². The van der Waals surface area contributed by atoms with Gasteiger partial charge in [-0.1, -0.05) is 38.1 Å². The zero-order chi connectivity index (χ0) is 15.1. The molecule has 0 bridgehead atoms. The fourth-order valence-corrected chi connectivity index (χ4v) is 2.28. The van der Waals surface area contributed by atoms with Crippen LogP contribution in [0.3, 0.4) is 0 Å². The third-order valence-electron chi connectivity index (χ3n) is 3.17. The molecule has 114 valence electrons.